The Kier molecular flexibility index (Phi) is 9.92. The van der Waals surface area contributed by atoms with E-state index >= 15 is 0 Å². The molecule has 0 fully saturated rings. The van der Waals surface area contributed by atoms with E-state index in [-0.39, 0.29) is 43.1 Å². The molecule has 11 nitrogen and oxygen atoms in total. The number of anilines is 3. The molecule has 0 saturated heterocycles. The molecule has 3 atom stereocenters. The Balaban J connectivity index is 1.35. The number of hydrogen-bond acceptors (Lipinski definition) is 6. The number of nitrogens with one attached hydrogen (secondary N) is 3. The molecule has 1 aliphatic rings. The molecule has 4 aromatic rings. The third-order valence-corrected chi connectivity index (χ3v) is 8.10. The van der Waals surface area contributed by atoms with E-state index in [1.807, 2.05) is 49.4 Å². The molecule has 0 spiro atoms. The minimum absolute atomic E-state index is 0.188. The second kappa shape index (κ2) is 14.2. The van der Waals surface area contributed by atoms with E-state index in [4.69, 9.17) is 9.47 Å². The lowest BCUT2D eigenvalue weighted by Crippen LogP contribution is -2.50. The van der Waals surface area contributed by atoms with Crippen LogP contribution in [0.5, 0.6) is 11.5 Å². The van der Waals surface area contributed by atoms with Gasteiger partial charge in [-0.25, -0.2) is 9.59 Å². The van der Waals surface area contributed by atoms with Crippen LogP contribution in [-0.2, 0) is 0 Å². The van der Waals surface area contributed by atoms with Gasteiger partial charge in [-0.15, -0.1) is 0 Å². The average molecular weight is 626 g/mol. The van der Waals surface area contributed by atoms with Crippen LogP contribution in [0, 0.1) is 5.92 Å². The van der Waals surface area contributed by atoms with Gasteiger partial charge in [0, 0.05) is 36.3 Å². The van der Waals surface area contributed by atoms with Crippen LogP contribution in [0.2, 0.25) is 0 Å². The summed E-state index contributed by atoms with van der Waals surface area (Å²) in [6.07, 6.45) is -0.486. The summed E-state index contributed by atoms with van der Waals surface area (Å²) < 4.78 is 11.6. The molecule has 5 rings (SSSR count). The first kappa shape index (κ1) is 32.1. The molecule has 11 heteroatoms. The molecule has 0 saturated carbocycles. The summed E-state index contributed by atoms with van der Waals surface area (Å²) in [5.41, 5.74) is 1.91. The van der Waals surface area contributed by atoms with Gasteiger partial charge < -0.3 is 40.3 Å². The van der Waals surface area contributed by atoms with Crippen LogP contribution in [-0.4, -0.2) is 78.9 Å². The van der Waals surface area contributed by atoms with E-state index in [1.54, 1.807) is 68.4 Å². The van der Waals surface area contributed by atoms with Crippen LogP contribution in [0.15, 0.2) is 84.9 Å². The lowest BCUT2D eigenvalue weighted by atomic mass is 9.99. The number of fused-ring (bicyclic) bond motifs is 2. The van der Waals surface area contributed by atoms with Crippen LogP contribution in [0.4, 0.5) is 26.7 Å². The maximum Gasteiger partial charge on any atom is 0.323 e. The van der Waals surface area contributed by atoms with Crippen molar-refractivity contribution in [3.05, 3.63) is 90.5 Å². The molecule has 240 valence electrons. The van der Waals surface area contributed by atoms with Gasteiger partial charge in [0.15, 0.2) is 0 Å². The third-order valence-electron chi connectivity index (χ3n) is 8.10. The highest BCUT2D eigenvalue weighted by Gasteiger charge is 2.34. The lowest BCUT2D eigenvalue weighted by molar-refractivity contribution is 0.0371. The minimum atomic E-state index is -0.486. The molecule has 4 aromatic carbocycles. The monoisotopic (exact) mass is 625 g/mol. The number of urea groups is 2. The Labute approximate surface area is 268 Å². The lowest BCUT2D eigenvalue weighted by Gasteiger charge is -2.38. The quantitative estimate of drug-likeness (QED) is 0.194. The van der Waals surface area contributed by atoms with Crippen LogP contribution in [0.3, 0.4) is 0 Å². The zero-order chi connectivity index (χ0) is 32.8. The van der Waals surface area contributed by atoms with Crippen LogP contribution in [0.1, 0.15) is 24.2 Å². The number of aliphatic hydroxyl groups is 1. The van der Waals surface area contributed by atoms with Crippen LogP contribution >= 0.6 is 0 Å². The number of ether oxygens (including phenoxy) is 2. The summed E-state index contributed by atoms with van der Waals surface area (Å²) in [4.78, 5) is 43.0. The largest absolute Gasteiger partial charge is 0.497 e. The SMILES string of the molecule is COc1ccc(NC(=O)N(C)C[C@@H]2Oc3ccc(NC(=O)Nc4cccc5ccccc45)cc3C(=O)N([C@H](C)CO)C[C@@H]2C)cc1. The number of carbonyl (C=O) groups is 3. The number of likely N-dealkylation sites (N-methyl/N-ethyl adjacent to an activating group) is 1. The molecule has 46 heavy (non-hydrogen) atoms. The van der Waals surface area contributed by atoms with Gasteiger partial charge in [0.2, 0.25) is 0 Å². The van der Waals surface area contributed by atoms with E-state index in [0.29, 0.717) is 28.6 Å². The Morgan fingerprint density at radius 1 is 1.00 bits per heavy atom. The van der Waals surface area contributed by atoms with Crippen molar-refractivity contribution in [3.63, 3.8) is 0 Å². The molecule has 1 heterocycles. The Bertz CT molecular complexity index is 1710. The predicted molar refractivity (Wildman–Crippen MR) is 179 cm³/mol. The van der Waals surface area contributed by atoms with Gasteiger partial charge >= 0.3 is 12.1 Å². The number of amides is 5. The molecule has 4 N–H and O–H groups in total. The number of rotatable bonds is 8. The molecule has 5 amide bonds. The highest BCUT2D eigenvalue weighted by molar-refractivity contribution is 6.07. The number of methoxy groups -OCH3 is 1. The number of carbonyl (C=O) groups excluding carboxylic acids is 3. The van der Waals surface area contributed by atoms with Crippen molar-refractivity contribution in [2.75, 3.05) is 49.8 Å². The summed E-state index contributed by atoms with van der Waals surface area (Å²) in [6, 6.07) is 24.1. The highest BCUT2D eigenvalue weighted by atomic mass is 16.5. The normalized spacial score (nSPS) is 16.7. The summed E-state index contributed by atoms with van der Waals surface area (Å²) in [7, 11) is 3.25. The molecule has 0 aromatic heterocycles. The fraction of sp³-hybridized carbons (Fsp3) is 0.286. The fourth-order valence-corrected chi connectivity index (χ4v) is 5.38. The van der Waals surface area contributed by atoms with Gasteiger partial charge in [0.25, 0.3) is 5.91 Å². The van der Waals surface area contributed by atoms with Crippen molar-refractivity contribution in [2.24, 2.45) is 5.92 Å². The highest BCUT2D eigenvalue weighted by Crippen LogP contribution is 2.31. The van der Waals surface area contributed by atoms with E-state index in [9.17, 15) is 19.5 Å². The van der Waals surface area contributed by atoms with Crippen molar-refractivity contribution < 1.29 is 29.0 Å². The number of benzene rings is 4. The van der Waals surface area contributed by atoms with Gasteiger partial charge in [0.05, 0.1) is 37.6 Å². The van der Waals surface area contributed by atoms with Crippen molar-refractivity contribution in [1.82, 2.24) is 9.80 Å². The van der Waals surface area contributed by atoms with Crippen molar-refractivity contribution in [1.29, 1.82) is 0 Å². The molecule has 0 bridgehead atoms. The Hall–Kier alpha value is -5.29. The predicted octanol–water partition coefficient (Wildman–Crippen LogP) is 5.88. The smallest absolute Gasteiger partial charge is 0.323 e. The van der Waals surface area contributed by atoms with E-state index in [1.165, 1.54) is 4.90 Å². The summed E-state index contributed by atoms with van der Waals surface area (Å²) in [5.74, 6) is 0.486. The van der Waals surface area contributed by atoms with Crippen LogP contribution < -0.4 is 25.4 Å². The Morgan fingerprint density at radius 2 is 1.72 bits per heavy atom. The molecule has 1 aliphatic heterocycles. The maximum atomic E-state index is 13.8. The second-order valence-corrected chi connectivity index (χ2v) is 11.5. The van der Waals surface area contributed by atoms with Crippen molar-refractivity contribution in [3.8, 4) is 11.5 Å². The van der Waals surface area contributed by atoms with Crippen LogP contribution in [0.25, 0.3) is 10.8 Å². The fourth-order valence-electron chi connectivity index (χ4n) is 5.38. The maximum absolute atomic E-state index is 13.8. The van der Waals surface area contributed by atoms with Gasteiger partial charge in [-0.1, -0.05) is 43.3 Å². The molecule has 0 unspecified atom stereocenters. The van der Waals surface area contributed by atoms with Gasteiger partial charge in [0.1, 0.15) is 17.6 Å². The first-order valence-corrected chi connectivity index (χ1v) is 15.1. The van der Waals surface area contributed by atoms with Crippen molar-refractivity contribution in [2.45, 2.75) is 26.0 Å². The topological polar surface area (TPSA) is 132 Å². The van der Waals surface area contributed by atoms with E-state index in [2.05, 4.69) is 16.0 Å². The Morgan fingerprint density at radius 3 is 2.46 bits per heavy atom. The summed E-state index contributed by atoms with van der Waals surface area (Å²) in [5, 5.41) is 20.5. The molecular formula is C35H39N5O6. The molecule has 0 aliphatic carbocycles. The summed E-state index contributed by atoms with van der Waals surface area (Å²) >= 11 is 0. The number of nitrogens with zero attached hydrogens (tertiary/aromatic N) is 2. The second-order valence-electron chi connectivity index (χ2n) is 11.5. The molecule has 0 radical (unpaired) electrons. The zero-order valence-electron chi connectivity index (χ0n) is 26.3. The van der Waals surface area contributed by atoms with Crippen molar-refractivity contribution >= 4 is 45.8 Å². The number of aliphatic hydroxyl groups excluding tert-OH is 1. The van der Waals surface area contributed by atoms with Gasteiger partial charge in [-0.05, 0) is 60.8 Å². The first-order chi connectivity index (χ1) is 22.2. The molecular weight excluding hydrogens is 586 g/mol. The average Bonchev–Trinajstić information content (AvgIpc) is 3.06. The standard InChI is InChI=1S/C35H39N5O6/c1-22-19-40(23(2)21-41)33(42)29-18-26(36-34(43)38-30-11-7-9-24-8-5-6-10-28(24)30)14-17-31(29)46-32(22)20-39(3)35(44)37-25-12-15-27(45-4)16-13-25/h5-18,22-23,32,41H,19-21H2,1-4H3,(H,37,44)(H2,36,38,43)/t22-,23+,32-/m0/s1. The van der Waals surface area contributed by atoms with E-state index in [0.717, 1.165) is 10.8 Å². The zero-order valence-corrected chi connectivity index (χ0v) is 26.3. The minimum Gasteiger partial charge on any atom is -0.497 e. The number of hydrogen-bond donors (Lipinski definition) is 4. The van der Waals surface area contributed by atoms with Gasteiger partial charge in [-0.2, -0.15) is 0 Å². The first-order valence-electron chi connectivity index (χ1n) is 15.1. The third kappa shape index (κ3) is 7.32. The summed E-state index contributed by atoms with van der Waals surface area (Å²) in [6.45, 7) is 4.01. The van der Waals surface area contributed by atoms with E-state index < -0.39 is 18.2 Å². The van der Waals surface area contributed by atoms with Gasteiger partial charge in [-0.3, -0.25) is 4.79 Å².